The molecule has 1 aromatic carbocycles. The van der Waals surface area contributed by atoms with Gasteiger partial charge in [-0.2, -0.15) is 0 Å². The van der Waals surface area contributed by atoms with Crippen molar-refractivity contribution < 1.29 is 0 Å². The lowest BCUT2D eigenvalue weighted by Gasteiger charge is -2.46. The van der Waals surface area contributed by atoms with Crippen LogP contribution < -0.4 is 10.6 Å². The molecule has 1 heterocycles. The van der Waals surface area contributed by atoms with E-state index in [2.05, 4.69) is 36.1 Å². The number of para-hydroxylation sites is 1. The molecule has 1 aliphatic heterocycles. The van der Waals surface area contributed by atoms with Crippen LogP contribution in [-0.2, 0) is 6.42 Å². The van der Waals surface area contributed by atoms with Gasteiger partial charge in [0.25, 0.3) is 0 Å². The van der Waals surface area contributed by atoms with E-state index in [1.165, 1.54) is 56.3 Å². The molecule has 2 nitrogen and oxygen atoms in total. The van der Waals surface area contributed by atoms with Crippen LogP contribution in [0.4, 0.5) is 5.69 Å². The van der Waals surface area contributed by atoms with Gasteiger partial charge in [0.15, 0.2) is 0 Å². The maximum Gasteiger partial charge on any atom is 0.0527 e. The first-order chi connectivity index (χ1) is 9.29. The fourth-order valence-corrected chi connectivity index (χ4v) is 4.13. The van der Waals surface area contributed by atoms with Crippen LogP contribution in [0.2, 0.25) is 0 Å². The van der Waals surface area contributed by atoms with Crippen molar-refractivity contribution in [3.63, 3.8) is 0 Å². The summed E-state index contributed by atoms with van der Waals surface area (Å²) in [5, 5.41) is 0. The normalized spacial score (nSPS) is 30.4. The second-order valence-corrected chi connectivity index (χ2v) is 6.33. The molecule has 2 unspecified atom stereocenters. The zero-order valence-electron chi connectivity index (χ0n) is 12.1. The van der Waals surface area contributed by atoms with Crippen LogP contribution in [0, 0.1) is 5.92 Å². The molecule has 1 aliphatic carbocycles. The van der Waals surface area contributed by atoms with Crippen LogP contribution in [-0.4, -0.2) is 18.6 Å². The molecule has 3 rings (SSSR count). The first-order valence-corrected chi connectivity index (χ1v) is 7.85. The van der Waals surface area contributed by atoms with Gasteiger partial charge in [0.1, 0.15) is 0 Å². The molecule has 104 valence electrons. The van der Waals surface area contributed by atoms with E-state index >= 15 is 0 Å². The molecule has 0 radical (unpaired) electrons. The summed E-state index contributed by atoms with van der Waals surface area (Å²) in [6.07, 6.45) is 7.72. The molecule has 2 atom stereocenters. The maximum absolute atomic E-state index is 6.23. The van der Waals surface area contributed by atoms with Gasteiger partial charge in [-0.3, -0.25) is 0 Å². The lowest BCUT2D eigenvalue weighted by Crippen LogP contribution is -2.54. The minimum atomic E-state index is 0.233. The number of anilines is 1. The number of rotatable bonds is 3. The van der Waals surface area contributed by atoms with Gasteiger partial charge in [-0.15, -0.1) is 0 Å². The zero-order valence-corrected chi connectivity index (χ0v) is 12.1. The second kappa shape index (κ2) is 5.16. The predicted octanol–water partition coefficient (Wildman–Crippen LogP) is 3.35. The fourth-order valence-electron chi connectivity index (χ4n) is 4.13. The van der Waals surface area contributed by atoms with Gasteiger partial charge in [0, 0.05) is 18.8 Å². The highest BCUT2D eigenvalue weighted by Crippen LogP contribution is 2.44. The smallest absolute Gasteiger partial charge is 0.0527 e. The number of aryl methyl sites for hydroxylation is 1. The molecular formula is C17H26N2. The Morgan fingerprint density at radius 3 is 2.95 bits per heavy atom. The molecule has 1 saturated carbocycles. The van der Waals surface area contributed by atoms with Crippen molar-refractivity contribution in [3.05, 3.63) is 29.8 Å². The van der Waals surface area contributed by atoms with E-state index in [0.29, 0.717) is 0 Å². The Hall–Kier alpha value is -1.02. The summed E-state index contributed by atoms with van der Waals surface area (Å²) in [7, 11) is 0. The van der Waals surface area contributed by atoms with Gasteiger partial charge in [0.05, 0.1) is 5.54 Å². The van der Waals surface area contributed by atoms with Gasteiger partial charge in [-0.05, 0) is 49.7 Å². The molecule has 1 aromatic rings. The molecule has 2 aliphatic rings. The van der Waals surface area contributed by atoms with Crippen LogP contribution in [0.3, 0.4) is 0 Å². The van der Waals surface area contributed by atoms with E-state index in [9.17, 15) is 0 Å². The highest BCUT2D eigenvalue weighted by molar-refractivity contribution is 5.58. The van der Waals surface area contributed by atoms with Crippen LogP contribution in [0.1, 0.15) is 44.6 Å². The first kappa shape index (κ1) is 13.0. The van der Waals surface area contributed by atoms with Crippen LogP contribution in [0.15, 0.2) is 24.3 Å². The van der Waals surface area contributed by atoms with E-state index in [1.807, 2.05) is 0 Å². The summed E-state index contributed by atoms with van der Waals surface area (Å²) in [5.74, 6) is 0.873. The van der Waals surface area contributed by atoms with E-state index < -0.39 is 0 Å². The van der Waals surface area contributed by atoms with E-state index in [1.54, 1.807) is 0 Å². The minimum Gasteiger partial charge on any atom is -0.364 e. The number of fused-ring (bicyclic) bond motifs is 1. The van der Waals surface area contributed by atoms with Crippen molar-refractivity contribution in [2.45, 2.75) is 51.0 Å². The topological polar surface area (TPSA) is 29.3 Å². The van der Waals surface area contributed by atoms with E-state index in [4.69, 9.17) is 5.73 Å². The summed E-state index contributed by atoms with van der Waals surface area (Å²) < 4.78 is 0. The molecule has 0 saturated heterocycles. The lowest BCUT2D eigenvalue weighted by atomic mass is 9.88. The molecular weight excluding hydrogens is 232 g/mol. The van der Waals surface area contributed by atoms with Gasteiger partial charge >= 0.3 is 0 Å². The molecule has 0 amide bonds. The van der Waals surface area contributed by atoms with Crippen molar-refractivity contribution >= 4 is 5.69 Å². The maximum atomic E-state index is 6.23. The van der Waals surface area contributed by atoms with Gasteiger partial charge in [-0.25, -0.2) is 0 Å². The largest absolute Gasteiger partial charge is 0.364 e. The van der Waals surface area contributed by atoms with Crippen LogP contribution in [0.25, 0.3) is 0 Å². The van der Waals surface area contributed by atoms with Crippen LogP contribution in [0.5, 0.6) is 0 Å². The second-order valence-electron chi connectivity index (χ2n) is 6.33. The third-order valence-corrected chi connectivity index (χ3v) is 5.33. The van der Waals surface area contributed by atoms with Gasteiger partial charge in [-0.1, -0.05) is 31.5 Å². The number of hydrogen-bond donors (Lipinski definition) is 1. The number of hydrogen-bond acceptors (Lipinski definition) is 2. The van der Waals surface area contributed by atoms with Crippen molar-refractivity contribution in [3.8, 4) is 0 Å². The highest BCUT2D eigenvalue weighted by Gasteiger charge is 2.43. The summed E-state index contributed by atoms with van der Waals surface area (Å²) in [4.78, 5) is 2.65. The standard InChI is InChI=1S/C17H26N2/c1-2-14-9-10-17(12-14,13-18)19-11-5-7-15-6-3-4-8-16(15)19/h3-4,6,8,14H,2,5,7,9-13,18H2,1H3. The van der Waals surface area contributed by atoms with Crippen molar-refractivity contribution in [1.82, 2.24) is 0 Å². The number of benzene rings is 1. The molecule has 0 spiro atoms. The molecule has 0 bridgehead atoms. The average molecular weight is 258 g/mol. The number of nitrogens with zero attached hydrogens (tertiary/aromatic N) is 1. The molecule has 2 N–H and O–H groups in total. The molecule has 2 heteroatoms. The third kappa shape index (κ3) is 2.16. The molecule has 0 aromatic heterocycles. The Morgan fingerprint density at radius 2 is 2.21 bits per heavy atom. The summed E-state index contributed by atoms with van der Waals surface area (Å²) in [6, 6.07) is 8.93. The predicted molar refractivity (Wildman–Crippen MR) is 81.5 cm³/mol. The van der Waals surface area contributed by atoms with Crippen molar-refractivity contribution in [2.24, 2.45) is 11.7 Å². The van der Waals surface area contributed by atoms with Crippen molar-refractivity contribution in [2.75, 3.05) is 18.0 Å². The first-order valence-electron chi connectivity index (χ1n) is 7.85. The Bertz CT molecular complexity index is 443. The minimum absolute atomic E-state index is 0.233. The molecule has 1 fully saturated rings. The average Bonchev–Trinajstić information content (AvgIpc) is 2.91. The van der Waals surface area contributed by atoms with E-state index in [-0.39, 0.29) is 5.54 Å². The van der Waals surface area contributed by atoms with Gasteiger partial charge in [0.2, 0.25) is 0 Å². The zero-order chi connectivity index (χ0) is 13.3. The Morgan fingerprint density at radius 1 is 1.37 bits per heavy atom. The lowest BCUT2D eigenvalue weighted by molar-refractivity contribution is 0.373. The summed E-state index contributed by atoms with van der Waals surface area (Å²) in [6.45, 7) is 4.31. The monoisotopic (exact) mass is 258 g/mol. The quantitative estimate of drug-likeness (QED) is 0.901. The Labute approximate surface area is 117 Å². The SMILES string of the molecule is CCC1CCC(CN)(N2CCCc3ccccc32)C1. The third-order valence-electron chi connectivity index (χ3n) is 5.33. The Balaban J connectivity index is 1.93. The van der Waals surface area contributed by atoms with Gasteiger partial charge < -0.3 is 10.6 Å². The highest BCUT2D eigenvalue weighted by atomic mass is 15.2. The van der Waals surface area contributed by atoms with E-state index in [0.717, 1.165) is 12.5 Å². The van der Waals surface area contributed by atoms with Crippen molar-refractivity contribution in [1.29, 1.82) is 0 Å². The fraction of sp³-hybridized carbons (Fsp3) is 0.647. The molecule has 19 heavy (non-hydrogen) atoms. The number of nitrogens with two attached hydrogens (primary N) is 1. The Kier molecular flexibility index (Phi) is 3.53. The summed E-state index contributed by atoms with van der Waals surface area (Å²) in [5.41, 5.74) is 9.44. The van der Waals surface area contributed by atoms with Crippen LogP contribution >= 0.6 is 0 Å². The summed E-state index contributed by atoms with van der Waals surface area (Å²) >= 11 is 0.